The molecule has 0 spiro atoms. The largest absolute Gasteiger partial charge is 0.411 e. The van der Waals surface area contributed by atoms with E-state index in [0.717, 1.165) is 0 Å². The minimum Gasteiger partial charge on any atom is -0.411 e. The first kappa shape index (κ1) is 8.36. The zero-order valence-electron chi connectivity index (χ0n) is 5.75. The van der Waals surface area contributed by atoms with Crippen LogP contribution in [0, 0.1) is 0 Å². The van der Waals surface area contributed by atoms with Crippen molar-refractivity contribution >= 4 is 22.9 Å². The van der Waals surface area contributed by atoms with Gasteiger partial charge in [0, 0.05) is 14.1 Å². The maximum atomic E-state index is 8.23. The first-order chi connectivity index (χ1) is 4.09. The molecular weight excluding hydrogens is 136 g/mol. The summed E-state index contributed by atoms with van der Waals surface area (Å²) in [6.07, 6.45) is 0. The maximum Gasteiger partial charge on any atom is 0.126 e. The first-order valence-corrected chi connectivity index (χ1v) is 2.90. The van der Waals surface area contributed by atoms with Crippen LogP contribution in [0.25, 0.3) is 0 Å². The van der Waals surface area contributed by atoms with Crippen molar-refractivity contribution in [3.05, 3.63) is 0 Å². The lowest BCUT2D eigenvalue weighted by Crippen LogP contribution is -2.26. The molecule has 0 aromatic heterocycles. The molecule has 0 unspecified atom stereocenters. The van der Waals surface area contributed by atoms with Crippen LogP contribution in [0.15, 0.2) is 5.16 Å². The smallest absolute Gasteiger partial charge is 0.126 e. The van der Waals surface area contributed by atoms with E-state index >= 15 is 0 Å². The van der Waals surface area contributed by atoms with Crippen LogP contribution in [0.4, 0.5) is 0 Å². The van der Waals surface area contributed by atoms with Gasteiger partial charge in [0.1, 0.15) is 10.7 Å². The van der Waals surface area contributed by atoms with Crippen molar-refractivity contribution < 1.29 is 5.21 Å². The van der Waals surface area contributed by atoms with Crippen molar-refractivity contribution in [1.29, 1.82) is 0 Å². The van der Waals surface area contributed by atoms with Gasteiger partial charge in [-0.15, -0.1) is 0 Å². The minimum absolute atomic E-state index is 0.468. The summed E-state index contributed by atoms with van der Waals surface area (Å²) in [5.74, 6) is 0. The zero-order chi connectivity index (χ0) is 7.44. The van der Waals surface area contributed by atoms with Crippen LogP contribution in [0.1, 0.15) is 6.92 Å². The molecule has 0 heterocycles. The minimum atomic E-state index is 0.468. The van der Waals surface area contributed by atoms with Crippen LogP contribution >= 0.6 is 12.2 Å². The lowest BCUT2D eigenvalue weighted by Gasteiger charge is -2.10. The molecule has 0 saturated carbocycles. The summed E-state index contributed by atoms with van der Waals surface area (Å²) >= 11 is 4.83. The Morgan fingerprint density at radius 2 is 2.00 bits per heavy atom. The molecule has 9 heavy (non-hydrogen) atoms. The van der Waals surface area contributed by atoms with Crippen LogP contribution in [0.5, 0.6) is 0 Å². The van der Waals surface area contributed by atoms with Crippen molar-refractivity contribution in [1.82, 2.24) is 4.90 Å². The van der Waals surface area contributed by atoms with Gasteiger partial charge in [0.15, 0.2) is 0 Å². The van der Waals surface area contributed by atoms with Crippen molar-refractivity contribution in [2.24, 2.45) is 5.16 Å². The molecular formula is C5H10N2OS. The van der Waals surface area contributed by atoms with Crippen LogP contribution in [-0.4, -0.2) is 34.9 Å². The van der Waals surface area contributed by atoms with Crippen molar-refractivity contribution in [2.45, 2.75) is 6.92 Å². The topological polar surface area (TPSA) is 35.8 Å². The molecule has 0 atom stereocenters. The molecule has 0 aromatic carbocycles. The van der Waals surface area contributed by atoms with Gasteiger partial charge in [-0.25, -0.2) is 0 Å². The summed E-state index contributed by atoms with van der Waals surface area (Å²) in [7, 11) is 3.61. The van der Waals surface area contributed by atoms with Gasteiger partial charge in [-0.3, -0.25) is 0 Å². The van der Waals surface area contributed by atoms with Crippen molar-refractivity contribution in [3.63, 3.8) is 0 Å². The number of oxime groups is 1. The van der Waals surface area contributed by atoms with E-state index in [-0.39, 0.29) is 0 Å². The Morgan fingerprint density at radius 3 is 2.11 bits per heavy atom. The number of rotatable bonds is 1. The third-order valence-electron chi connectivity index (χ3n) is 0.866. The second-order valence-corrected chi connectivity index (χ2v) is 2.27. The molecule has 0 saturated heterocycles. The molecule has 52 valence electrons. The Morgan fingerprint density at radius 1 is 1.56 bits per heavy atom. The third-order valence-corrected chi connectivity index (χ3v) is 1.53. The fourth-order valence-electron chi connectivity index (χ4n) is 0.366. The van der Waals surface area contributed by atoms with Crippen LogP contribution in [0.3, 0.4) is 0 Å². The standard InChI is InChI=1S/C5H10N2OS/c1-4(6-8)5(9)7(2)3/h8H,1-3H3. The van der Waals surface area contributed by atoms with Gasteiger partial charge >= 0.3 is 0 Å². The fraction of sp³-hybridized carbons (Fsp3) is 0.600. The van der Waals surface area contributed by atoms with Gasteiger partial charge in [-0.05, 0) is 6.92 Å². The quantitative estimate of drug-likeness (QED) is 0.256. The van der Waals surface area contributed by atoms with Crippen LogP contribution in [-0.2, 0) is 0 Å². The predicted octanol–water partition coefficient (Wildman–Crippen LogP) is 0.726. The summed E-state index contributed by atoms with van der Waals surface area (Å²) < 4.78 is 0. The number of thiocarbonyl (C=S) groups is 1. The Bertz CT molecular complexity index is 142. The molecule has 0 amide bonds. The highest BCUT2D eigenvalue weighted by atomic mass is 32.1. The molecule has 0 aliphatic carbocycles. The summed E-state index contributed by atoms with van der Waals surface area (Å²) in [6.45, 7) is 1.66. The second kappa shape index (κ2) is 3.40. The van der Waals surface area contributed by atoms with Gasteiger partial charge in [0.25, 0.3) is 0 Å². The van der Waals surface area contributed by atoms with E-state index in [9.17, 15) is 0 Å². The highest BCUT2D eigenvalue weighted by Gasteiger charge is 2.01. The molecule has 0 rings (SSSR count). The van der Waals surface area contributed by atoms with E-state index in [0.29, 0.717) is 10.7 Å². The molecule has 0 aliphatic heterocycles. The zero-order valence-corrected chi connectivity index (χ0v) is 6.57. The normalized spacial score (nSPS) is 11.2. The van der Waals surface area contributed by atoms with Crippen LogP contribution < -0.4 is 0 Å². The lowest BCUT2D eigenvalue weighted by molar-refractivity contribution is 0.319. The molecule has 0 fully saturated rings. The van der Waals surface area contributed by atoms with E-state index in [2.05, 4.69) is 5.16 Å². The van der Waals surface area contributed by atoms with Crippen molar-refractivity contribution in [3.8, 4) is 0 Å². The molecule has 3 nitrogen and oxygen atoms in total. The number of hydrogen-bond donors (Lipinski definition) is 1. The summed E-state index contributed by atoms with van der Waals surface area (Å²) in [6, 6.07) is 0. The SMILES string of the molecule is CC(=NO)C(=S)N(C)C. The monoisotopic (exact) mass is 146 g/mol. The molecule has 0 aromatic rings. The molecule has 4 heteroatoms. The van der Waals surface area contributed by atoms with Gasteiger partial charge in [0.05, 0.1) is 0 Å². The average Bonchev–Trinajstić information content (AvgIpc) is 1.84. The summed E-state index contributed by atoms with van der Waals surface area (Å²) in [5.41, 5.74) is 0.468. The fourth-order valence-corrected chi connectivity index (χ4v) is 0.407. The molecule has 0 radical (unpaired) electrons. The Hall–Kier alpha value is -0.640. The molecule has 0 aliphatic rings. The van der Waals surface area contributed by atoms with E-state index in [1.807, 2.05) is 0 Å². The third kappa shape index (κ3) is 2.41. The summed E-state index contributed by atoms with van der Waals surface area (Å²) in [4.78, 5) is 2.27. The number of nitrogens with zero attached hydrogens (tertiary/aromatic N) is 2. The van der Waals surface area contributed by atoms with E-state index in [4.69, 9.17) is 17.4 Å². The average molecular weight is 146 g/mol. The first-order valence-electron chi connectivity index (χ1n) is 2.50. The van der Waals surface area contributed by atoms with E-state index in [1.54, 1.807) is 25.9 Å². The van der Waals surface area contributed by atoms with Gasteiger partial charge in [-0.1, -0.05) is 17.4 Å². The summed E-state index contributed by atoms with van der Waals surface area (Å²) in [5, 5.41) is 11.2. The van der Waals surface area contributed by atoms with Gasteiger partial charge in [-0.2, -0.15) is 0 Å². The molecule has 1 N–H and O–H groups in total. The highest BCUT2D eigenvalue weighted by molar-refractivity contribution is 7.82. The van der Waals surface area contributed by atoms with Gasteiger partial charge < -0.3 is 10.1 Å². The maximum absolute atomic E-state index is 8.23. The molecule has 0 bridgehead atoms. The predicted molar refractivity (Wildman–Crippen MR) is 41.2 cm³/mol. The van der Waals surface area contributed by atoms with Crippen LogP contribution in [0.2, 0.25) is 0 Å². The number of hydrogen-bond acceptors (Lipinski definition) is 3. The highest BCUT2D eigenvalue weighted by Crippen LogP contribution is 1.86. The lowest BCUT2D eigenvalue weighted by atomic mass is 10.4. The van der Waals surface area contributed by atoms with Crippen molar-refractivity contribution in [2.75, 3.05) is 14.1 Å². The van der Waals surface area contributed by atoms with E-state index < -0.39 is 0 Å². The Kier molecular flexibility index (Phi) is 3.16. The Balaban J connectivity index is 4.06. The second-order valence-electron chi connectivity index (χ2n) is 1.88. The Labute approximate surface area is 60.0 Å². The van der Waals surface area contributed by atoms with E-state index in [1.165, 1.54) is 0 Å². The van der Waals surface area contributed by atoms with Gasteiger partial charge in [0.2, 0.25) is 0 Å².